The van der Waals surface area contributed by atoms with E-state index < -0.39 is 0 Å². The smallest absolute Gasteiger partial charge is 0.0894 e. The van der Waals surface area contributed by atoms with Crippen LogP contribution in [-0.4, -0.2) is 6.54 Å². The van der Waals surface area contributed by atoms with Gasteiger partial charge in [-0.1, -0.05) is 31.5 Å². The summed E-state index contributed by atoms with van der Waals surface area (Å²) < 4.78 is 1.37. The topological polar surface area (TPSA) is 12.0 Å². The molecule has 1 aromatic carbocycles. The fraction of sp³-hybridized carbons (Fsp3) is 0.333. The van der Waals surface area contributed by atoms with Crippen LogP contribution in [0.15, 0.2) is 30.3 Å². The first kappa shape index (κ1) is 9.53. The van der Waals surface area contributed by atoms with E-state index in [1.165, 1.54) is 27.9 Å². The monoisotopic (exact) mass is 205 g/mol. The fourth-order valence-corrected chi connectivity index (χ4v) is 2.45. The van der Waals surface area contributed by atoms with Crippen LogP contribution in [0.4, 0.5) is 5.00 Å². The van der Waals surface area contributed by atoms with Gasteiger partial charge in [-0.05, 0) is 23.9 Å². The lowest BCUT2D eigenvalue weighted by Gasteiger charge is -1.99. The number of benzene rings is 1. The van der Waals surface area contributed by atoms with Crippen molar-refractivity contribution in [2.75, 3.05) is 11.9 Å². The van der Waals surface area contributed by atoms with Gasteiger partial charge in [0.2, 0.25) is 0 Å². The summed E-state index contributed by atoms with van der Waals surface area (Å²) in [6.07, 6.45) is 2.49. The van der Waals surface area contributed by atoms with Crippen molar-refractivity contribution in [3.63, 3.8) is 0 Å². The highest BCUT2D eigenvalue weighted by molar-refractivity contribution is 7.22. The van der Waals surface area contributed by atoms with Crippen molar-refractivity contribution >= 4 is 26.4 Å². The molecule has 0 spiro atoms. The minimum absolute atomic E-state index is 1.09. The van der Waals surface area contributed by atoms with Crippen molar-refractivity contribution < 1.29 is 0 Å². The molecule has 1 nitrogen and oxygen atoms in total. The Morgan fingerprint density at radius 1 is 1.29 bits per heavy atom. The van der Waals surface area contributed by atoms with Gasteiger partial charge in [-0.3, -0.25) is 0 Å². The van der Waals surface area contributed by atoms with Crippen LogP contribution < -0.4 is 5.32 Å². The Morgan fingerprint density at radius 3 is 2.93 bits per heavy atom. The van der Waals surface area contributed by atoms with Gasteiger partial charge in [0.1, 0.15) is 0 Å². The van der Waals surface area contributed by atoms with Crippen molar-refractivity contribution in [2.24, 2.45) is 0 Å². The van der Waals surface area contributed by atoms with Crippen LogP contribution in [0.2, 0.25) is 0 Å². The maximum absolute atomic E-state index is 3.45. The first-order valence-electron chi connectivity index (χ1n) is 5.12. The van der Waals surface area contributed by atoms with E-state index in [1.807, 2.05) is 11.3 Å². The molecular weight excluding hydrogens is 190 g/mol. The van der Waals surface area contributed by atoms with Crippen LogP contribution >= 0.6 is 11.3 Å². The lowest BCUT2D eigenvalue weighted by atomic mass is 10.3. The minimum atomic E-state index is 1.09. The van der Waals surface area contributed by atoms with Crippen LogP contribution in [0.5, 0.6) is 0 Å². The highest BCUT2D eigenvalue weighted by Crippen LogP contribution is 2.29. The Bertz CT molecular complexity index is 372. The van der Waals surface area contributed by atoms with Crippen molar-refractivity contribution in [1.29, 1.82) is 0 Å². The Kier molecular flexibility index (Phi) is 3.04. The van der Waals surface area contributed by atoms with Gasteiger partial charge in [-0.2, -0.15) is 0 Å². The van der Waals surface area contributed by atoms with E-state index in [4.69, 9.17) is 0 Å². The van der Waals surface area contributed by atoms with E-state index >= 15 is 0 Å². The average Bonchev–Trinajstić information content (AvgIpc) is 2.60. The van der Waals surface area contributed by atoms with Gasteiger partial charge in [-0.15, -0.1) is 11.3 Å². The first-order valence-corrected chi connectivity index (χ1v) is 5.94. The maximum Gasteiger partial charge on any atom is 0.0894 e. The lowest BCUT2D eigenvalue weighted by Crippen LogP contribution is -1.97. The van der Waals surface area contributed by atoms with Gasteiger partial charge in [0.15, 0.2) is 0 Å². The van der Waals surface area contributed by atoms with Gasteiger partial charge in [0.25, 0.3) is 0 Å². The summed E-state index contributed by atoms with van der Waals surface area (Å²) in [6.45, 7) is 3.30. The van der Waals surface area contributed by atoms with Crippen LogP contribution in [0.3, 0.4) is 0 Å². The summed E-state index contributed by atoms with van der Waals surface area (Å²) >= 11 is 1.84. The Hall–Kier alpha value is -1.02. The fourth-order valence-electron chi connectivity index (χ4n) is 1.46. The van der Waals surface area contributed by atoms with E-state index in [0.29, 0.717) is 0 Å². The highest BCUT2D eigenvalue weighted by Gasteiger charge is 1.98. The molecule has 0 fully saturated rings. The van der Waals surface area contributed by atoms with Crippen LogP contribution in [0, 0.1) is 0 Å². The summed E-state index contributed by atoms with van der Waals surface area (Å²) in [5.74, 6) is 0. The van der Waals surface area contributed by atoms with Gasteiger partial charge in [-0.25, -0.2) is 0 Å². The first-order chi connectivity index (χ1) is 6.90. The third-order valence-corrected chi connectivity index (χ3v) is 3.33. The molecule has 0 amide bonds. The Morgan fingerprint density at radius 2 is 2.14 bits per heavy atom. The second-order valence-electron chi connectivity index (χ2n) is 3.43. The lowest BCUT2D eigenvalue weighted by molar-refractivity contribution is 0.836. The van der Waals surface area contributed by atoms with Crippen LogP contribution in [0.25, 0.3) is 10.1 Å². The Balaban J connectivity index is 2.11. The summed E-state index contributed by atoms with van der Waals surface area (Å²) in [4.78, 5) is 0. The molecule has 74 valence electrons. The van der Waals surface area contributed by atoms with E-state index in [9.17, 15) is 0 Å². The number of rotatable bonds is 4. The summed E-state index contributed by atoms with van der Waals surface area (Å²) in [7, 11) is 0. The number of hydrogen-bond donors (Lipinski definition) is 1. The van der Waals surface area contributed by atoms with Gasteiger partial charge in [0.05, 0.1) is 5.00 Å². The number of thiophene rings is 1. The molecule has 2 rings (SSSR count). The van der Waals surface area contributed by atoms with Crippen LogP contribution in [-0.2, 0) is 0 Å². The average molecular weight is 205 g/mol. The normalized spacial score (nSPS) is 10.6. The molecule has 14 heavy (non-hydrogen) atoms. The molecule has 0 aliphatic rings. The van der Waals surface area contributed by atoms with Crippen molar-refractivity contribution in [3.05, 3.63) is 30.3 Å². The number of nitrogens with one attached hydrogen (secondary N) is 1. The summed E-state index contributed by atoms with van der Waals surface area (Å²) in [6, 6.07) is 10.7. The van der Waals surface area contributed by atoms with E-state index in [1.54, 1.807) is 0 Å². The number of hydrogen-bond acceptors (Lipinski definition) is 2. The standard InChI is InChI=1S/C12H15NS/c1-2-3-8-13-12-9-10-6-4-5-7-11(10)14-12/h4-7,9,13H,2-3,8H2,1H3. The SMILES string of the molecule is CCCCNc1cc2ccccc2s1. The molecule has 0 saturated heterocycles. The molecule has 0 radical (unpaired) electrons. The van der Waals surface area contributed by atoms with Gasteiger partial charge < -0.3 is 5.32 Å². The molecule has 0 saturated carbocycles. The Labute approximate surface area is 88.8 Å². The van der Waals surface area contributed by atoms with E-state index in [-0.39, 0.29) is 0 Å². The molecule has 0 atom stereocenters. The molecule has 1 heterocycles. The molecular formula is C12H15NS. The number of anilines is 1. The molecule has 2 aromatic rings. The third kappa shape index (κ3) is 2.07. The zero-order chi connectivity index (χ0) is 9.80. The minimum Gasteiger partial charge on any atom is -0.377 e. The predicted octanol–water partition coefficient (Wildman–Crippen LogP) is 4.11. The molecule has 0 unspecified atom stereocenters. The van der Waals surface area contributed by atoms with Gasteiger partial charge in [0, 0.05) is 11.2 Å². The second kappa shape index (κ2) is 4.47. The quantitative estimate of drug-likeness (QED) is 0.740. The predicted molar refractivity (Wildman–Crippen MR) is 65.2 cm³/mol. The molecule has 1 N–H and O–H groups in total. The van der Waals surface area contributed by atoms with Crippen molar-refractivity contribution in [3.8, 4) is 0 Å². The zero-order valence-electron chi connectivity index (χ0n) is 8.42. The van der Waals surface area contributed by atoms with Crippen molar-refractivity contribution in [1.82, 2.24) is 0 Å². The number of fused-ring (bicyclic) bond motifs is 1. The summed E-state index contributed by atoms with van der Waals surface area (Å²) in [5.41, 5.74) is 0. The highest BCUT2D eigenvalue weighted by atomic mass is 32.1. The van der Waals surface area contributed by atoms with Crippen molar-refractivity contribution in [2.45, 2.75) is 19.8 Å². The van der Waals surface area contributed by atoms with E-state index in [0.717, 1.165) is 6.54 Å². The number of unbranched alkanes of at least 4 members (excludes halogenated alkanes) is 1. The van der Waals surface area contributed by atoms with Crippen LogP contribution in [0.1, 0.15) is 19.8 Å². The molecule has 1 aromatic heterocycles. The molecule has 2 heteroatoms. The molecule has 0 aliphatic heterocycles. The van der Waals surface area contributed by atoms with Gasteiger partial charge >= 0.3 is 0 Å². The largest absolute Gasteiger partial charge is 0.377 e. The second-order valence-corrected chi connectivity index (χ2v) is 4.51. The molecule has 0 aliphatic carbocycles. The van der Waals surface area contributed by atoms with E-state index in [2.05, 4.69) is 42.6 Å². The summed E-state index contributed by atoms with van der Waals surface area (Å²) in [5, 5.41) is 6.09. The zero-order valence-corrected chi connectivity index (χ0v) is 9.23. The maximum atomic E-state index is 3.45. The molecule has 0 bridgehead atoms. The third-order valence-electron chi connectivity index (χ3n) is 2.26.